The van der Waals surface area contributed by atoms with Gasteiger partial charge in [0.05, 0.1) is 6.61 Å². The van der Waals surface area contributed by atoms with Crippen LogP contribution >= 0.6 is 0 Å². The molecule has 3 rings (SSSR count). The summed E-state index contributed by atoms with van der Waals surface area (Å²) in [6, 6.07) is 0.748. The van der Waals surface area contributed by atoms with Gasteiger partial charge in [-0.15, -0.1) is 0 Å². The number of nitrogens with one attached hydrogen (secondary N) is 1. The fourth-order valence-corrected chi connectivity index (χ4v) is 4.06. The molecule has 0 aromatic heterocycles. The van der Waals surface area contributed by atoms with Crippen LogP contribution in [0.3, 0.4) is 0 Å². The molecule has 1 N–H and O–H groups in total. The van der Waals surface area contributed by atoms with Crippen LogP contribution in [0.5, 0.6) is 0 Å². The molecule has 0 bridgehead atoms. The van der Waals surface area contributed by atoms with Crippen molar-refractivity contribution in [2.24, 2.45) is 23.7 Å². The smallest absolute Gasteiger partial charge is 0.0509 e. The molecule has 0 radical (unpaired) electrons. The molecular formula is C14H25NO. The van der Waals surface area contributed by atoms with Crippen molar-refractivity contribution in [3.63, 3.8) is 0 Å². The first-order chi connectivity index (χ1) is 7.88. The van der Waals surface area contributed by atoms with Gasteiger partial charge in [-0.05, 0) is 62.3 Å². The summed E-state index contributed by atoms with van der Waals surface area (Å²) in [4.78, 5) is 0. The van der Waals surface area contributed by atoms with E-state index in [-0.39, 0.29) is 0 Å². The van der Waals surface area contributed by atoms with Crippen molar-refractivity contribution in [3.05, 3.63) is 0 Å². The average Bonchev–Trinajstić information content (AvgIpc) is 2.94. The maximum Gasteiger partial charge on any atom is 0.0509 e. The molecule has 3 aliphatic rings. The summed E-state index contributed by atoms with van der Waals surface area (Å²) in [7, 11) is 0. The molecule has 1 aliphatic heterocycles. The molecule has 1 saturated heterocycles. The summed E-state index contributed by atoms with van der Waals surface area (Å²) >= 11 is 0. The Kier molecular flexibility index (Phi) is 3.21. The number of ether oxygens (including phenoxy) is 1. The van der Waals surface area contributed by atoms with Crippen molar-refractivity contribution in [2.45, 2.75) is 45.1 Å². The van der Waals surface area contributed by atoms with E-state index < -0.39 is 0 Å². The fraction of sp³-hybridized carbons (Fsp3) is 1.00. The quantitative estimate of drug-likeness (QED) is 0.790. The van der Waals surface area contributed by atoms with E-state index >= 15 is 0 Å². The number of hydrogen-bond acceptors (Lipinski definition) is 2. The number of rotatable bonds is 4. The van der Waals surface area contributed by atoms with Gasteiger partial charge in [0.15, 0.2) is 0 Å². The van der Waals surface area contributed by atoms with E-state index in [0.29, 0.717) is 0 Å². The van der Waals surface area contributed by atoms with E-state index in [4.69, 9.17) is 4.74 Å². The van der Waals surface area contributed by atoms with E-state index in [2.05, 4.69) is 12.2 Å². The van der Waals surface area contributed by atoms with Gasteiger partial charge in [0.2, 0.25) is 0 Å². The van der Waals surface area contributed by atoms with E-state index in [1.165, 1.54) is 32.1 Å². The molecule has 2 aliphatic carbocycles. The van der Waals surface area contributed by atoms with Crippen molar-refractivity contribution >= 4 is 0 Å². The van der Waals surface area contributed by atoms with Gasteiger partial charge in [0, 0.05) is 12.6 Å². The van der Waals surface area contributed by atoms with Crippen LogP contribution in [0, 0.1) is 23.7 Å². The van der Waals surface area contributed by atoms with Gasteiger partial charge < -0.3 is 10.1 Å². The largest absolute Gasteiger partial charge is 0.381 e. The molecule has 0 aromatic rings. The van der Waals surface area contributed by atoms with Gasteiger partial charge in [0.1, 0.15) is 0 Å². The van der Waals surface area contributed by atoms with Crippen molar-refractivity contribution in [2.75, 3.05) is 19.8 Å². The first-order valence-corrected chi connectivity index (χ1v) is 7.19. The van der Waals surface area contributed by atoms with Gasteiger partial charge in [-0.3, -0.25) is 0 Å². The zero-order chi connectivity index (χ0) is 11.0. The third-order valence-electron chi connectivity index (χ3n) is 4.93. The summed E-state index contributed by atoms with van der Waals surface area (Å²) in [5.74, 6) is 3.96. The van der Waals surface area contributed by atoms with Crippen molar-refractivity contribution in [1.82, 2.24) is 5.32 Å². The Morgan fingerprint density at radius 3 is 2.62 bits per heavy atom. The van der Waals surface area contributed by atoms with Gasteiger partial charge in [-0.1, -0.05) is 6.92 Å². The summed E-state index contributed by atoms with van der Waals surface area (Å²) in [5.41, 5.74) is 0. The fourth-order valence-electron chi connectivity index (χ4n) is 4.06. The molecule has 2 heteroatoms. The van der Waals surface area contributed by atoms with E-state index in [1.807, 2.05) is 0 Å². The Morgan fingerprint density at radius 1 is 1.19 bits per heavy atom. The van der Waals surface area contributed by atoms with E-state index in [1.54, 1.807) is 0 Å². The third-order valence-corrected chi connectivity index (χ3v) is 4.93. The Bertz CT molecular complexity index is 225. The normalized spacial score (nSPS) is 44.1. The van der Waals surface area contributed by atoms with Crippen LogP contribution in [-0.2, 0) is 4.74 Å². The second-order valence-corrected chi connectivity index (χ2v) is 6.05. The average molecular weight is 223 g/mol. The van der Waals surface area contributed by atoms with Crippen LogP contribution in [0.25, 0.3) is 0 Å². The zero-order valence-electron chi connectivity index (χ0n) is 10.5. The van der Waals surface area contributed by atoms with E-state index in [0.717, 1.165) is 49.5 Å². The van der Waals surface area contributed by atoms with Crippen molar-refractivity contribution in [3.8, 4) is 0 Å². The van der Waals surface area contributed by atoms with Crippen LogP contribution < -0.4 is 5.32 Å². The lowest BCUT2D eigenvalue weighted by Gasteiger charge is -2.35. The van der Waals surface area contributed by atoms with Crippen LogP contribution in [0.4, 0.5) is 0 Å². The zero-order valence-corrected chi connectivity index (χ0v) is 10.5. The molecular weight excluding hydrogens is 198 g/mol. The second kappa shape index (κ2) is 4.66. The lowest BCUT2D eigenvalue weighted by molar-refractivity contribution is 0.0282. The van der Waals surface area contributed by atoms with Crippen LogP contribution in [0.2, 0.25) is 0 Å². The topological polar surface area (TPSA) is 21.3 Å². The molecule has 0 aromatic carbocycles. The predicted octanol–water partition coefficient (Wildman–Crippen LogP) is 2.44. The Balaban J connectivity index is 1.60. The van der Waals surface area contributed by atoms with Gasteiger partial charge in [0.25, 0.3) is 0 Å². The number of fused-ring (bicyclic) bond motifs is 1. The molecule has 1 heterocycles. The van der Waals surface area contributed by atoms with Gasteiger partial charge >= 0.3 is 0 Å². The molecule has 92 valence electrons. The van der Waals surface area contributed by atoms with E-state index in [9.17, 15) is 0 Å². The maximum absolute atomic E-state index is 5.67. The van der Waals surface area contributed by atoms with Crippen molar-refractivity contribution in [1.29, 1.82) is 0 Å². The summed E-state index contributed by atoms with van der Waals surface area (Å²) in [6.07, 6.45) is 7.18. The molecule has 0 spiro atoms. The summed E-state index contributed by atoms with van der Waals surface area (Å²) < 4.78 is 5.67. The monoisotopic (exact) mass is 223 g/mol. The Hall–Kier alpha value is -0.0800. The van der Waals surface area contributed by atoms with Crippen LogP contribution in [-0.4, -0.2) is 25.8 Å². The Labute approximate surface area is 99.1 Å². The SMILES string of the molecule is CCNC(C1CCCOC1)C1CC2CC2C1. The predicted molar refractivity (Wildman–Crippen MR) is 65.3 cm³/mol. The first-order valence-electron chi connectivity index (χ1n) is 7.19. The van der Waals surface area contributed by atoms with Gasteiger partial charge in [-0.2, -0.15) is 0 Å². The standard InChI is InChI=1S/C14H25NO/c1-2-15-14(10-4-3-5-16-9-10)13-7-11-6-12(11)8-13/h10-15H,2-9H2,1H3. The minimum atomic E-state index is 0.748. The first kappa shape index (κ1) is 11.0. The summed E-state index contributed by atoms with van der Waals surface area (Å²) in [5, 5.41) is 3.76. The molecule has 2 saturated carbocycles. The van der Waals surface area contributed by atoms with Crippen LogP contribution in [0.1, 0.15) is 39.0 Å². The summed E-state index contributed by atoms with van der Waals surface area (Å²) in [6.45, 7) is 5.36. The van der Waals surface area contributed by atoms with Crippen molar-refractivity contribution < 1.29 is 4.74 Å². The second-order valence-electron chi connectivity index (χ2n) is 6.05. The lowest BCUT2D eigenvalue weighted by Crippen LogP contribution is -2.45. The molecule has 3 fully saturated rings. The molecule has 4 unspecified atom stereocenters. The molecule has 2 nitrogen and oxygen atoms in total. The maximum atomic E-state index is 5.67. The van der Waals surface area contributed by atoms with Gasteiger partial charge in [-0.25, -0.2) is 0 Å². The minimum Gasteiger partial charge on any atom is -0.381 e. The molecule has 4 atom stereocenters. The Morgan fingerprint density at radius 2 is 2.00 bits per heavy atom. The number of hydrogen-bond donors (Lipinski definition) is 1. The highest BCUT2D eigenvalue weighted by molar-refractivity contribution is 5.00. The highest BCUT2D eigenvalue weighted by Gasteiger charge is 2.48. The molecule has 16 heavy (non-hydrogen) atoms. The minimum absolute atomic E-state index is 0.748. The molecule has 0 amide bonds. The highest BCUT2D eigenvalue weighted by Crippen LogP contribution is 2.55. The van der Waals surface area contributed by atoms with Crippen LogP contribution in [0.15, 0.2) is 0 Å². The third kappa shape index (κ3) is 2.14. The lowest BCUT2D eigenvalue weighted by atomic mass is 9.82. The highest BCUT2D eigenvalue weighted by atomic mass is 16.5.